The Morgan fingerprint density at radius 3 is 2.67 bits per heavy atom. The second-order valence-electron chi connectivity index (χ2n) is 8.31. The van der Waals surface area contributed by atoms with Crippen LogP contribution in [0.25, 0.3) is 11.0 Å². The summed E-state index contributed by atoms with van der Waals surface area (Å²) in [7, 11) is 0. The third-order valence-electron chi connectivity index (χ3n) is 5.57. The monoisotopic (exact) mass is 498 g/mol. The van der Waals surface area contributed by atoms with Gasteiger partial charge in [0.15, 0.2) is 5.65 Å². The fraction of sp³-hybridized carbons (Fsp3) is 0.280. The second kappa shape index (κ2) is 10.3. The molecule has 11 heteroatoms. The van der Waals surface area contributed by atoms with Gasteiger partial charge in [-0.25, -0.2) is 9.97 Å². The van der Waals surface area contributed by atoms with Crippen LogP contribution in [0.3, 0.4) is 0 Å². The van der Waals surface area contributed by atoms with E-state index < -0.39 is 17.6 Å². The zero-order valence-electron chi connectivity index (χ0n) is 20.0. The smallest absolute Gasteiger partial charge is 0.416 e. The standard InChI is InChI=1S/C25H25F3N6O2/c1-4-9-29-12-17-7-8-18(11-19(17)25(26,27)28)32-23(35)16-6-5-14(2)20(10-16)36-24-21-15(3)33-34-22(21)30-13-31-24/h5-8,10-11,13,29H,4,9,12H2,1-3H3,(H,32,35)(H,30,31,33,34). The van der Waals surface area contributed by atoms with E-state index in [0.717, 1.165) is 23.7 Å². The highest BCUT2D eigenvalue weighted by atomic mass is 19.4. The highest BCUT2D eigenvalue weighted by Gasteiger charge is 2.33. The average molecular weight is 499 g/mol. The molecular weight excluding hydrogens is 473 g/mol. The minimum absolute atomic E-state index is 0.0427. The van der Waals surface area contributed by atoms with Crippen molar-refractivity contribution in [1.82, 2.24) is 25.5 Å². The van der Waals surface area contributed by atoms with Gasteiger partial charge < -0.3 is 15.4 Å². The number of nitrogens with one attached hydrogen (secondary N) is 3. The van der Waals surface area contributed by atoms with Crippen LogP contribution in [0.5, 0.6) is 11.6 Å². The number of aromatic nitrogens is 4. The van der Waals surface area contributed by atoms with E-state index in [4.69, 9.17) is 4.74 Å². The molecule has 1 amide bonds. The van der Waals surface area contributed by atoms with Crippen molar-refractivity contribution in [1.29, 1.82) is 0 Å². The van der Waals surface area contributed by atoms with Gasteiger partial charge in [0.2, 0.25) is 5.88 Å². The molecule has 0 aliphatic carbocycles. The molecule has 8 nitrogen and oxygen atoms in total. The van der Waals surface area contributed by atoms with E-state index in [2.05, 4.69) is 30.8 Å². The zero-order chi connectivity index (χ0) is 25.9. The largest absolute Gasteiger partial charge is 0.438 e. The number of aryl methyl sites for hydroxylation is 2. The van der Waals surface area contributed by atoms with Gasteiger partial charge in [0.1, 0.15) is 17.5 Å². The molecule has 0 radical (unpaired) electrons. The van der Waals surface area contributed by atoms with Crippen LogP contribution in [0.15, 0.2) is 42.7 Å². The van der Waals surface area contributed by atoms with E-state index in [9.17, 15) is 18.0 Å². The highest BCUT2D eigenvalue weighted by Crippen LogP contribution is 2.34. The molecule has 0 fully saturated rings. The number of hydrogen-bond donors (Lipinski definition) is 3. The van der Waals surface area contributed by atoms with Gasteiger partial charge in [-0.1, -0.05) is 19.1 Å². The Labute approximate surface area is 205 Å². The number of alkyl halides is 3. The Morgan fingerprint density at radius 1 is 1.11 bits per heavy atom. The Balaban J connectivity index is 1.57. The molecule has 4 rings (SSSR count). The molecule has 2 aromatic carbocycles. The summed E-state index contributed by atoms with van der Waals surface area (Å²) in [4.78, 5) is 21.2. The normalized spacial score (nSPS) is 11.6. The predicted molar refractivity (Wildman–Crippen MR) is 129 cm³/mol. The molecule has 0 saturated carbocycles. The Hall–Kier alpha value is -3.99. The van der Waals surface area contributed by atoms with Crippen molar-refractivity contribution >= 4 is 22.6 Å². The molecular formula is C25H25F3N6O2. The maximum Gasteiger partial charge on any atom is 0.416 e. The summed E-state index contributed by atoms with van der Waals surface area (Å²) in [5, 5.41) is 13.1. The first-order valence-electron chi connectivity index (χ1n) is 11.3. The number of benzene rings is 2. The lowest BCUT2D eigenvalue weighted by Crippen LogP contribution is -2.19. The van der Waals surface area contributed by atoms with Gasteiger partial charge in [-0.05, 0) is 62.2 Å². The number of ether oxygens (including phenoxy) is 1. The van der Waals surface area contributed by atoms with Crippen LogP contribution in [0.1, 0.15) is 46.1 Å². The fourth-order valence-corrected chi connectivity index (χ4v) is 3.67. The Morgan fingerprint density at radius 2 is 1.92 bits per heavy atom. The van der Waals surface area contributed by atoms with Crippen molar-refractivity contribution < 1.29 is 22.7 Å². The lowest BCUT2D eigenvalue weighted by molar-refractivity contribution is -0.138. The van der Waals surface area contributed by atoms with Crippen LogP contribution in [-0.4, -0.2) is 32.6 Å². The van der Waals surface area contributed by atoms with Crippen LogP contribution in [0, 0.1) is 13.8 Å². The number of aromatic amines is 1. The molecule has 0 spiro atoms. The summed E-state index contributed by atoms with van der Waals surface area (Å²) in [6.07, 6.45) is -2.42. The van der Waals surface area contributed by atoms with Gasteiger partial charge in [0, 0.05) is 23.5 Å². The van der Waals surface area contributed by atoms with Crippen molar-refractivity contribution in [2.45, 2.75) is 39.9 Å². The van der Waals surface area contributed by atoms with E-state index >= 15 is 0 Å². The van der Waals surface area contributed by atoms with E-state index in [-0.39, 0.29) is 29.2 Å². The molecule has 0 unspecified atom stereocenters. The molecule has 0 aliphatic rings. The number of H-pyrrole nitrogens is 1. The van der Waals surface area contributed by atoms with Crippen molar-refractivity contribution in [3.8, 4) is 11.6 Å². The number of carbonyl (C=O) groups is 1. The van der Waals surface area contributed by atoms with Gasteiger partial charge in [0.25, 0.3) is 5.91 Å². The molecule has 2 aromatic heterocycles. The lowest BCUT2D eigenvalue weighted by Gasteiger charge is -2.16. The first kappa shape index (κ1) is 25.1. The van der Waals surface area contributed by atoms with Crippen molar-refractivity contribution in [3.05, 3.63) is 70.7 Å². The first-order valence-corrected chi connectivity index (χ1v) is 11.3. The molecule has 0 saturated heterocycles. The van der Waals surface area contributed by atoms with E-state index in [1.165, 1.54) is 24.5 Å². The number of fused-ring (bicyclic) bond motifs is 1. The third kappa shape index (κ3) is 5.46. The molecule has 0 bridgehead atoms. The summed E-state index contributed by atoms with van der Waals surface area (Å²) < 4.78 is 46.9. The molecule has 2 heterocycles. The maximum absolute atomic E-state index is 13.6. The van der Waals surface area contributed by atoms with Crippen molar-refractivity contribution in [2.24, 2.45) is 0 Å². The molecule has 0 aliphatic heterocycles. The van der Waals surface area contributed by atoms with Crippen LogP contribution in [-0.2, 0) is 12.7 Å². The fourth-order valence-electron chi connectivity index (χ4n) is 3.67. The average Bonchev–Trinajstić information content (AvgIpc) is 3.22. The quantitative estimate of drug-likeness (QED) is 0.276. The molecule has 36 heavy (non-hydrogen) atoms. The molecule has 188 valence electrons. The number of rotatable bonds is 8. The number of halogens is 3. The van der Waals surface area contributed by atoms with Gasteiger partial charge >= 0.3 is 6.18 Å². The Kier molecular flexibility index (Phi) is 7.20. The van der Waals surface area contributed by atoms with Gasteiger partial charge in [-0.3, -0.25) is 9.89 Å². The summed E-state index contributed by atoms with van der Waals surface area (Å²) in [6, 6.07) is 8.56. The van der Waals surface area contributed by atoms with E-state index in [1.807, 2.05) is 13.8 Å². The number of amides is 1. The minimum atomic E-state index is -4.55. The molecule has 3 N–H and O–H groups in total. The third-order valence-corrected chi connectivity index (χ3v) is 5.57. The van der Waals surface area contributed by atoms with Crippen molar-refractivity contribution in [3.63, 3.8) is 0 Å². The summed E-state index contributed by atoms with van der Waals surface area (Å²) in [6.45, 7) is 6.24. The highest BCUT2D eigenvalue weighted by molar-refractivity contribution is 6.04. The summed E-state index contributed by atoms with van der Waals surface area (Å²) >= 11 is 0. The predicted octanol–water partition coefficient (Wildman–Crippen LogP) is 5.53. The number of nitrogens with zero attached hydrogens (tertiary/aromatic N) is 3. The number of carbonyl (C=O) groups excluding carboxylic acids is 1. The Bertz CT molecular complexity index is 1400. The minimum Gasteiger partial charge on any atom is -0.438 e. The van der Waals surface area contributed by atoms with Crippen LogP contribution in [0.2, 0.25) is 0 Å². The summed E-state index contributed by atoms with van der Waals surface area (Å²) in [5.41, 5.74) is 1.49. The first-order chi connectivity index (χ1) is 17.2. The topological polar surface area (TPSA) is 105 Å². The lowest BCUT2D eigenvalue weighted by atomic mass is 10.1. The van der Waals surface area contributed by atoms with E-state index in [1.54, 1.807) is 19.1 Å². The van der Waals surface area contributed by atoms with E-state index in [0.29, 0.717) is 23.3 Å². The van der Waals surface area contributed by atoms with Crippen molar-refractivity contribution in [2.75, 3.05) is 11.9 Å². The number of anilines is 1. The molecule has 4 aromatic rings. The zero-order valence-corrected chi connectivity index (χ0v) is 20.0. The van der Waals surface area contributed by atoms with Gasteiger partial charge in [-0.2, -0.15) is 18.3 Å². The molecule has 0 atom stereocenters. The van der Waals surface area contributed by atoms with Crippen LogP contribution >= 0.6 is 0 Å². The summed E-state index contributed by atoms with van der Waals surface area (Å²) in [5.74, 6) is 0.0720. The van der Waals surface area contributed by atoms with Gasteiger partial charge in [-0.15, -0.1) is 0 Å². The SMILES string of the molecule is CCCNCc1ccc(NC(=O)c2ccc(C)c(Oc3ncnc4n[nH]c(C)c34)c2)cc1C(F)(F)F. The number of hydrogen-bond acceptors (Lipinski definition) is 6. The maximum atomic E-state index is 13.6. The van der Waals surface area contributed by atoms with Gasteiger partial charge in [0.05, 0.1) is 5.56 Å². The van der Waals surface area contributed by atoms with Crippen LogP contribution < -0.4 is 15.4 Å². The van der Waals surface area contributed by atoms with Crippen LogP contribution in [0.4, 0.5) is 18.9 Å². The second-order valence-corrected chi connectivity index (χ2v) is 8.31.